The highest BCUT2D eigenvalue weighted by Gasteiger charge is 2.31. The molecule has 7 heteroatoms. The lowest BCUT2D eigenvalue weighted by Gasteiger charge is -2.04. The number of benzene rings is 1. The zero-order valence-electron chi connectivity index (χ0n) is 8.91. The van der Waals surface area contributed by atoms with E-state index >= 15 is 0 Å². The summed E-state index contributed by atoms with van der Waals surface area (Å²) in [5.74, 6) is -0.717. The Kier molecular flexibility index (Phi) is 2.55. The van der Waals surface area contributed by atoms with Crippen LogP contribution < -0.4 is 0 Å². The van der Waals surface area contributed by atoms with Crippen molar-refractivity contribution in [2.45, 2.75) is 4.90 Å². The Labute approximate surface area is 99.2 Å². The number of sulfone groups is 2. The van der Waals surface area contributed by atoms with E-state index in [2.05, 4.69) is 0 Å². The van der Waals surface area contributed by atoms with Crippen molar-refractivity contribution in [2.24, 2.45) is 0 Å². The van der Waals surface area contributed by atoms with E-state index in [1.165, 1.54) is 18.2 Å². The molecule has 5 nitrogen and oxygen atoms in total. The average molecular weight is 274 g/mol. The van der Waals surface area contributed by atoms with Crippen LogP contribution in [0.3, 0.4) is 0 Å². The van der Waals surface area contributed by atoms with Gasteiger partial charge in [0.15, 0.2) is 9.84 Å². The first kappa shape index (κ1) is 12.1. The summed E-state index contributed by atoms with van der Waals surface area (Å²) in [6, 6.07) is 4.22. The van der Waals surface area contributed by atoms with Crippen LogP contribution in [0.5, 0.6) is 5.75 Å². The maximum Gasteiger partial charge on any atom is 0.204 e. The molecule has 1 aromatic carbocycles. The average Bonchev–Trinajstić information content (AvgIpc) is 2.36. The van der Waals surface area contributed by atoms with Crippen LogP contribution in [0.25, 0.3) is 5.57 Å². The molecule has 1 heterocycles. The van der Waals surface area contributed by atoms with Crippen molar-refractivity contribution < 1.29 is 21.9 Å². The summed E-state index contributed by atoms with van der Waals surface area (Å²) in [5, 5.41) is 10.4. The second-order valence-electron chi connectivity index (χ2n) is 3.91. The molecule has 0 unspecified atom stereocenters. The van der Waals surface area contributed by atoms with E-state index in [-0.39, 0.29) is 27.5 Å². The fraction of sp³-hybridized carbons (Fsp3) is 0.200. The third kappa shape index (κ3) is 2.20. The molecule has 0 spiro atoms. The van der Waals surface area contributed by atoms with Crippen LogP contribution in [-0.2, 0) is 19.7 Å². The second-order valence-corrected chi connectivity index (χ2v) is 7.79. The van der Waals surface area contributed by atoms with Crippen LogP contribution in [0.4, 0.5) is 0 Å². The van der Waals surface area contributed by atoms with Gasteiger partial charge < -0.3 is 5.11 Å². The number of aromatic hydroxyl groups is 1. The predicted octanol–water partition coefficient (Wildman–Crippen LogP) is 0.565. The van der Waals surface area contributed by atoms with E-state index in [0.717, 1.165) is 11.7 Å². The van der Waals surface area contributed by atoms with Crippen LogP contribution in [0.1, 0.15) is 5.56 Å². The Morgan fingerprint density at radius 3 is 2.53 bits per heavy atom. The third-order valence-electron chi connectivity index (χ3n) is 2.34. The molecule has 17 heavy (non-hydrogen) atoms. The van der Waals surface area contributed by atoms with Gasteiger partial charge in [-0.1, -0.05) is 12.1 Å². The molecule has 92 valence electrons. The molecule has 0 saturated heterocycles. The molecule has 0 radical (unpaired) electrons. The van der Waals surface area contributed by atoms with E-state index in [0.29, 0.717) is 0 Å². The minimum absolute atomic E-state index is 0.193. The Bertz CT molecular complexity index is 711. The topological polar surface area (TPSA) is 88.5 Å². The minimum atomic E-state index is -3.73. The van der Waals surface area contributed by atoms with Crippen molar-refractivity contribution in [3.8, 4) is 5.75 Å². The lowest BCUT2D eigenvalue weighted by Crippen LogP contribution is -2.04. The third-order valence-corrected chi connectivity index (χ3v) is 4.77. The summed E-state index contributed by atoms with van der Waals surface area (Å²) < 4.78 is 45.9. The van der Waals surface area contributed by atoms with Crippen molar-refractivity contribution in [1.29, 1.82) is 0 Å². The molecule has 1 aliphatic rings. The molecule has 0 bridgehead atoms. The van der Waals surface area contributed by atoms with Gasteiger partial charge in [0.2, 0.25) is 9.84 Å². The summed E-state index contributed by atoms with van der Waals surface area (Å²) >= 11 is 0. The van der Waals surface area contributed by atoms with Crippen LogP contribution >= 0.6 is 0 Å². The largest absolute Gasteiger partial charge is 0.507 e. The molecule has 0 amide bonds. The lowest BCUT2D eigenvalue weighted by atomic mass is 10.1. The normalized spacial score (nSPS) is 17.6. The van der Waals surface area contributed by atoms with Crippen LogP contribution in [0.2, 0.25) is 0 Å². The maximum absolute atomic E-state index is 11.7. The molecular weight excluding hydrogens is 264 g/mol. The number of phenolic OH excluding ortho intramolecular Hbond substituents is 1. The number of hydrogen-bond donors (Lipinski definition) is 1. The quantitative estimate of drug-likeness (QED) is 0.851. The molecule has 1 aromatic rings. The smallest absolute Gasteiger partial charge is 0.204 e. The highest BCUT2D eigenvalue weighted by molar-refractivity contribution is 7.95. The lowest BCUT2D eigenvalue weighted by molar-refractivity contribution is 0.459. The van der Waals surface area contributed by atoms with Crippen molar-refractivity contribution in [3.05, 3.63) is 29.2 Å². The standard InChI is InChI=1S/C10H10O5S2/c1-16(12,13)5-7-6-17(14,15)10-8(7)3-2-4-9(10)11/h2-4,6,11H,5H2,1H3. The van der Waals surface area contributed by atoms with E-state index < -0.39 is 19.7 Å². The molecule has 1 N–H and O–H groups in total. The van der Waals surface area contributed by atoms with E-state index in [1.54, 1.807) is 0 Å². The highest BCUT2D eigenvalue weighted by Crippen LogP contribution is 2.39. The molecule has 0 aliphatic carbocycles. The Hall–Kier alpha value is -1.34. The van der Waals surface area contributed by atoms with Gasteiger partial charge in [-0.2, -0.15) is 0 Å². The van der Waals surface area contributed by atoms with Gasteiger partial charge in [-0.15, -0.1) is 0 Å². The van der Waals surface area contributed by atoms with Gasteiger partial charge >= 0.3 is 0 Å². The van der Waals surface area contributed by atoms with Gasteiger partial charge in [0.05, 0.1) is 5.75 Å². The highest BCUT2D eigenvalue weighted by atomic mass is 32.2. The first-order valence-corrected chi connectivity index (χ1v) is 8.27. The van der Waals surface area contributed by atoms with E-state index in [4.69, 9.17) is 0 Å². The Morgan fingerprint density at radius 1 is 1.29 bits per heavy atom. The number of rotatable bonds is 2. The summed E-state index contributed by atoms with van der Waals surface area (Å²) in [6.07, 6.45) is 1.03. The van der Waals surface area contributed by atoms with Crippen LogP contribution in [-0.4, -0.2) is 34.0 Å². The van der Waals surface area contributed by atoms with Gasteiger partial charge in [0.25, 0.3) is 0 Å². The molecular formula is C10H10O5S2. The molecule has 0 saturated carbocycles. The Morgan fingerprint density at radius 2 is 1.94 bits per heavy atom. The van der Waals surface area contributed by atoms with Crippen molar-refractivity contribution in [1.82, 2.24) is 0 Å². The monoisotopic (exact) mass is 274 g/mol. The maximum atomic E-state index is 11.7. The minimum Gasteiger partial charge on any atom is -0.507 e. The zero-order chi connectivity index (χ0) is 12.8. The first-order chi connectivity index (χ1) is 7.71. The number of hydrogen-bond acceptors (Lipinski definition) is 5. The second kappa shape index (κ2) is 3.58. The fourth-order valence-electron chi connectivity index (χ4n) is 1.78. The molecule has 1 aliphatic heterocycles. The summed E-state index contributed by atoms with van der Waals surface area (Å²) in [6.45, 7) is 0. The first-order valence-electron chi connectivity index (χ1n) is 4.66. The van der Waals surface area contributed by atoms with Crippen molar-refractivity contribution in [2.75, 3.05) is 12.0 Å². The van der Waals surface area contributed by atoms with Gasteiger partial charge in [0, 0.05) is 17.2 Å². The predicted molar refractivity (Wildman–Crippen MR) is 63.0 cm³/mol. The van der Waals surface area contributed by atoms with Gasteiger partial charge in [0.1, 0.15) is 10.6 Å². The van der Waals surface area contributed by atoms with E-state index in [1.807, 2.05) is 0 Å². The van der Waals surface area contributed by atoms with Crippen molar-refractivity contribution >= 4 is 25.2 Å². The SMILES string of the molecule is CS(=O)(=O)CC1=CS(=O)(=O)c2c(O)cccc21. The summed E-state index contributed by atoms with van der Waals surface area (Å²) in [7, 11) is -7.06. The van der Waals surface area contributed by atoms with Gasteiger partial charge in [-0.05, 0) is 11.6 Å². The summed E-state index contributed by atoms with van der Waals surface area (Å²) in [5.41, 5.74) is 0.453. The number of phenols is 1. The number of fused-ring (bicyclic) bond motifs is 1. The molecule has 0 aromatic heterocycles. The van der Waals surface area contributed by atoms with Crippen molar-refractivity contribution in [3.63, 3.8) is 0 Å². The van der Waals surface area contributed by atoms with Crippen LogP contribution in [0, 0.1) is 0 Å². The molecule has 0 atom stereocenters. The molecule has 2 rings (SSSR count). The summed E-state index contributed by atoms with van der Waals surface area (Å²) in [4.78, 5) is -0.210. The molecule has 0 fully saturated rings. The Balaban J connectivity index is 2.67. The van der Waals surface area contributed by atoms with E-state index in [9.17, 15) is 21.9 Å². The van der Waals surface area contributed by atoms with Gasteiger partial charge in [-0.25, -0.2) is 16.8 Å². The van der Waals surface area contributed by atoms with Gasteiger partial charge in [-0.3, -0.25) is 0 Å². The van der Waals surface area contributed by atoms with Crippen LogP contribution in [0.15, 0.2) is 28.5 Å². The fourth-order valence-corrected chi connectivity index (χ4v) is 4.26. The zero-order valence-corrected chi connectivity index (χ0v) is 10.5.